The van der Waals surface area contributed by atoms with E-state index in [2.05, 4.69) is 15.3 Å². The van der Waals surface area contributed by atoms with Crippen molar-refractivity contribution in [3.05, 3.63) is 16.4 Å². The van der Waals surface area contributed by atoms with Gasteiger partial charge in [0.1, 0.15) is 6.33 Å². The zero-order chi connectivity index (χ0) is 11.5. The molecule has 0 bridgehead atoms. The molecule has 0 aromatic carbocycles. The van der Waals surface area contributed by atoms with Gasteiger partial charge in [-0.05, 0) is 18.8 Å². The Labute approximate surface area is 92.0 Å². The van der Waals surface area contributed by atoms with Crippen molar-refractivity contribution in [3.8, 4) is 5.88 Å². The van der Waals surface area contributed by atoms with Crippen LogP contribution < -0.4 is 10.1 Å². The van der Waals surface area contributed by atoms with Crippen LogP contribution in [0.3, 0.4) is 0 Å². The molecule has 1 aliphatic carbocycles. The van der Waals surface area contributed by atoms with Crippen LogP contribution in [0.1, 0.15) is 12.8 Å². The highest BCUT2D eigenvalue weighted by Crippen LogP contribution is 2.33. The van der Waals surface area contributed by atoms with E-state index in [0.29, 0.717) is 12.5 Å². The summed E-state index contributed by atoms with van der Waals surface area (Å²) in [6.07, 6.45) is 3.59. The van der Waals surface area contributed by atoms with Crippen molar-refractivity contribution >= 4 is 11.5 Å². The number of aromatic nitrogens is 2. The van der Waals surface area contributed by atoms with Crippen molar-refractivity contribution in [2.75, 3.05) is 19.0 Å². The third kappa shape index (κ3) is 2.18. The normalized spacial score (nSPS) is 14.6. The van der Waals surface area contributed by atoms with E-state index in [4.69, 9.17) is 4.74 Å². The van der Waals surface area contributed by atoms with Crippen molar-refractivity contribution in [1.29, 1.82) is 0 Å². The van der Waals surface area contributed by atoms with E-state index < -0.39 is 4.92 Å². The van der Waals surface area contributed by atoms with Gasteiger partial charge in [-0.25, -0.2) is 4.98 Å². The van der Waals surface area contributed by atoms with Gasteiger partial charge in [-0.2, -0.15) is 4.98 Å². The lowest BCUT2D eigenvalue weighted by Gasteiger charge is -2.06. The molecule has 0 aliphatic heterocycles. The summed E-state index contributed by atoms with van der Waals surface area (Å²) in [7, 11) is 1.35. The summed E-state index contributed by atoms with van der Waals surface area (Å²) in [5.74, 6) is 0.822. The Balaban J connectivity index is 2.22. The molecule has 0 atom stereocenters. The quantitative estimate of drug-likeness (QED) is 0.597. The molecule has 1 heterocycles. The van der Waals surface area contributed by atoms with E-state index >= 15 is 0 Å². The molecule has 1 aromatic rings. The molecule has 0 radical (unpaired) electrons. The third-order valence-electron chi connectivity index (χ3n) is 2.42. The van der Waals surface area contributed by atoms with Gasteiger partial charge in [-0.15, -0.1) is 0 Å². The maximum absolute atomic E-state index is 10.9. The number of nitro groups is 1. The van der Waals surface area contributed by atoms with Gasteiger partial charge in [0.25, 0.3) is 5.88 Å². The van der Waals surface area contributed by atoms with Gasteiger partial charge in [0.15, 0.2) is 0 Å². The van der Waals surface area contributed by atoms with E-state index in [0.717, 1.165) is 0 Å². The van der Waals surface area contributed by atoms with Crippen LogP contribution in [-0.4, -0.2) is 28.5 Å². The van der Waals surface area contributed by atoms with Crippen LogP contribution in [-0.2, 0) is 0 Å². The first-order valence-corrected chi connectivity index (χ1v) is 4.99. The zero-order valence-electron chi connectivity index (χ0n) is 8.84. The Kier molecular flexibility index (Phi) is 2.84. The van der Waals surface area contributed by atoms with Gasteiger partial charge in [-0.1, -0.05) is 0 Å². The SMILES string of the molecule is COc1ncnc(NCC2CC2)c1[N+](=O)[O-]. The first kappa shape index (κ1) is 10.6. The van der Waals surface area contributed by atoms with Gasteiger partial charge in [0, 0.05) is 6.54 Å². The second-order valence-electron chi connectivity index (χ2n) is 3.66. The van der Waals surface area contributed by atoms with Crippen LogP contribution in [0.15, 0.2) is 6.33 Å². The summed E-state index contributed by atoms with van der Waals surface area (Å²) in [6.45, 7) is 0.709. The molecule has 1 aromatic heterocycles. The first-order chi connectivity index (χ1) is 7.72. The lowest BCUT2D eigenvalue weighted by molar-refractivity contribution is -0.385. The fourth-order valence-electron chi connectivity index (χ4n) is 1.37. The second-order valence-corrected chi connectivity index (χ2v) is 3.66. The first-order valence-electron chi connectivity index (χ1n) is 4.99. The number of nitrogens with one attached hydrogen (secondary N) is 1. The zero-order valence-corrected chi connectivity index (χ0v) is 8.84. The van der Waals surface area contributed by atoms with E-state index in [-0.39, 0.29) is 17.4 Å². The Hall–Kier alpha value is -1.92. The molecule has 1 fully saturated rings. The molecule has 0 amide bonds. The molecule has 16 heavy (non-hydrogen) atoms. The summed E-state index contributed by atoms with van der Waals surface area (Å²) in [4.78, 5) is 17.9. The minimum Gasteiger partial charge on any atom is -0.476 e. The maximum atomic E-state index is 10.9. The predicted octanol–water partition coefficient (Wildman–Crippen LogP) is 1.22. The molecular weight excluding hydrogens is 212 g/mol. The number of ether oxygens (including phenoxy) is 1. The standard InChI is InChI=1S/C9H12N4O3/c1-16-9-7(13(14)15)8(11-5-12-9)10-4-6-2-3-6/h5-6H,2-4H2,1H3,(H,10,11,12). The number of anilines is 1. The monoisotopic (exact) mass is 224 g/mol. The van der Waals surface area contributed by atoms with Crippen LogP contribution in [0, 0.1) is 16.0 Å². The lowest BCUT2D eigenvalue weighted by Crippen LogP contribution is -2.09. The van der Waals surface area contributed by atoms with Gasteiger partial charge < -0.3 is 10.1 Å². The molecule has 1 aliphatic rings. The van der Waals surface area contributed by atoms with Crippen LogP contribution in [0.2, 0.25) is 0 Å². The summed E-state index contributed by atoms with van der Waals surface area (Å²) >= 11 is 0. The number of hydrogen-bond donors (Lipinski definition) is 1. The minimum atomic E-state index is -0.534. The average molecular weight is 224 g/mol. The summed E-state index contributed by atoms with van der Waals surface area (Å²) < 4.78 is 4.84. The highest BCUT2D eigenvalue weighted by atomic mass is 16.6. The second kappa shape index (κ2) is 4.30. The van der Waals surface area contributed by atoms with Crippen molar-refractivity contribution < 1.29 is 9.66 Å². The largest absolute Gasteiger partial charge is 0.476 e. The van der Waals surface area contributed by atoms with Crippen LogP contribution >= 0.6 is 0 Å². The Bertz CT molecular complexity index is 406. The molecule has 1 N–H and O–H groups in total. The lowest BCUT2D eigenvalue weighted by atomic mass is 10.4. The number of nitrogens with zero attached hydrogens (tertiary/aromatic N) is 3. The van der Waals surface area contributed by atoms with Crippen molar-refractivity contribution in [2.45, 2.75) is 12.8 Å². The molecule has 1 saturated carbocycles. The van der Waals surface area contributed by atoms with Crippen molar-refractivity contribution in [1.82, 2.24) is 9.97 Å². The maximum Gasteiger partial charge on any atom is 0.372 e. The fourth-order valence-corrected chi connectivity index (χ4v) is 1.37. The molecule has 2 rings (SSSR count). The van der Waals surface area contributed by atoms with Gasteiger partial charge in [0.05, 0.1) is 12.0 Å². The predicted molar refractivity (Wildman–Crippen MR) is 56.5 cm³/mol. The number of methoxy groups -OCH3 is 1. The smallest absolute Gasteiger partial charge is 0.372 e. The molecule has 0 saturated heterocycles. The minimum absolute atomic E-state index is 0.0155. The van der Waals surface area contributed by atoms with Crippen LogP contribution in [0.25, 0.3) is 0 Å². The van der Waals surface area contributed by atoms with E-state index in [1.54, 1.807) is 0 Å². The van der Waals surface area contributed by atoms with Crippen molar-refractivity contribution in [3.63, 3.8) is 0 Å². The van der Waals surface area contributed by atoms with Gasteiger partial charge in [0.2, 0.25) is 5.82 Å². The van der Waals surface area contributed by atoms with E-state index in [1.165, 1.54) is 26.3 Å². The summed E-state index contributed by atoms with van der Waals surface area (Å²) in [5, 5.41) is 13.8. The van der Waals surface area contributed by atoms with E-state index in [9.17, 15) is 10.1 Å². The Morgan fingerprint density at radius 2 is 2.38 bits per heavy atom. The highest BCUT2D eigenvalue weighted by Gasteiger charge is 2.26. The van der Waals surface area contributed by atoms with Crippen molar-refractivity contribution in [2.24, 2.45) is 5.92 Å². The molecule has 86 valence electrons. The number of hydrogen-bond acceptors (Lipinski definition) is 6. The Morgan fingerprint density at radius 3 is 2.94 bits per heavy atom. The summed E-state index contributed by atoms with van der Waals surface area (Å²) in [6, 6.07) is 0. The average Bonchev–Trinajstić information content (AvgIpc) is 3.09. The van der Waals surface area contributed by atoms with Gasteiger partial charge >= 0.3 is 5.69 Å². The third-order valence-corrected chi connectivity index (χ3v) is 2.42. The molecular formula is C9H12N4O3. The van der Waals surface area contributed by atoms with Gasteiger partial charge in [-0.3, -0.25) is 10.1 Å². The molecule has 7 heteroatoms. The summed E-state index contributed by atoms with van der Waals surface area (Å²) in [5.41, 5.74) is -0.203. The Morgan fingerprint density at radius 1 is 1.62 bits per heavy atom. The molecule has 7 nitrogen and oxygen atoms in total. The highest BCUT2D eigenvalue weighted by molar-refractivity contribution is 5.61. The van der Waals surface area contributed by atoms with Crippen LogP contribution in [0.5, 0.6) is 5.88 Å². The topological polar surface area (TPSA) is 90.2 Å². The van der Waals surface area contributed by atoms with E-state index in [1.807, 2.05) is 0 Å². The number of rotatable bonds is 5. The molecule has 0 unspecified atom stereocenters. The van der Waals surface area contributed by atoms with Crippen LogP contribution in [0.4, 0.5) is 11.5 Å². The fraction of sp³-hybridized carbons (Fsp3) is 0.556. The molecule has 0 spiro atoms.